The zero-order valence-corrected chi connectivity index (χ0v) is 17.5. The zero-order valence-electron chi connectivity index (χ0n) is 17.5. The minimum absolute atomic E-state index is 0.268. The molecule has 0 spiro atoms. The Morgan fingerprint density at radius 3 is 1.94 bits per heavy atom. The minimum Gasteiger partial charge on any atom is -0.320 e. The molecule has 0 bridgehead atoms. The van der Waals surface area contributed by atoms with Gasteiger partial charge in [-0.05, 0) is 48.2 Å². The first-order valence-corrected chi connectivity index (χ1v) is 10.3. The van der Waals surface area contributed by atoms with Crippen LogP contribution < -0.4 is 10.8 Å². The minimum atomic E-state index is -0.609. The number of imide groups is 1. The Morgan fingerprint density at radius 1 is 0.719 bits per heavy atom. The van der Waals surface area contributed by atoms with Crippen LogP contribution in [-0.2, 0) is 13.0 Å². The van der Waals surface area contributed by atoms with Crippen LogP contribution in [0.5, 0.6) is 0 Å². The van der Waals surface area contributed by atoms with Gasteiger partial charge in [0.05, 0.1) is 0 Å². The summed E-state index contributed by atoms with van der Waals surface area (Å²) in [5.74, 6) is -1.07. The van der Waals surface area contributed by atoms with Crippen molar-refractivity contribution in [3.8, 4) is 0 Å². The van der Waals surface area contributed by atoms with E-state index in [0.717, 1.165) is 18.4 Å². The van der Waals surface area contributed by atoms with Crippen molar-refractivity contribution in [2.75, 3.05) is 6.54 Å². The number of rotatable bonds is 8. The number of aryl methyl sites for hydroxylation is 1. The molecule has 0 saturated heterocycles. The van der Waals surface area contributed by atoms with Crippen molar-refractivity contribution in [2.24, 2.45) is 0 Å². The Bertz CT molecular complexity index is 1040. The molecule has 0 radical (unpaired) electrons. The maximum atomic E-state index is 12.9. The van der Waals surface area contributed by atoms with E-state index < -0.39 is 17.8 Å². The summed E-state index contributed by atoms with van der Waals surface area (Å²) in [6.45, 7) is 0.714. The summed E-state index contributed by atoms with van der Waals surface area (Å²) in [6.07, 6.45) is 1.52. The van der Waals surface area contributed by atoms with Crippen LogP contribution >= 0.6 is 0 Å². The molecule has 3 aromatic carbocycles. The first-order valence-electron chi connectivity index (χ1n) is 10.3. The van der Waals surface area contributed by atoms with Gasteiger partial charge in [-0.25, -0.2) is 10.3 Å². The van der Waals surface area contributed by atoms with Gasteiger partial charge in [0, 0.05) is 24.2 Å². The van der Waals surface area contributed by atoms with Crippen LogP contribution in [0.3, 0.4) is 0 Å². The average molecular weight is 431 g/mol. The second-order valence-corrected chi connectivity index (χ2v) is 7.27. The van der Waals surface area contributed by atoms with E-state index in [1.54, 1.807) is 65.0 Å². The molecule has 0 heterocycles. The summed E-state index contributed by atoms with van der Waals surface area (Å²) < 4.78 is 0. The number of hydrogen-bond acceptors (Lipinski definition) is 4. The molecule has 0 atom stereocenters. The first-order chi connectivity index (χ1) is 15.6. The van der Waals surface area contributed by atoms with E-state index in [9.17, 15) is 14.4 Å². The van der Waals surface area contributed by atoms with Gasteiger partial charge in [0.25, 0.3) is 11.8 Å². The Labute approximate surface area is 186 Å². The van der Waals surface area contributed by atoms with Crippen LogP contribution in [0, 0.1) is 0 Å². The van der Waals surface area contributed by atoms with Gasteiger partial charge in [-0.3, -0.25) is 20.1 Å². The van der Waals surface area contributed by atoms with E-state index in [4.69, 9.17) is 5.21 Å². The van der Waals surface area contributed by atoms with Crippen LogP contribution in [0.1, 0.15) is 38.3 Å². The molecule has 0 aliphatic heterocycles. The first kappa shape index (κ1) is 22.7. The number of benzene rings is 3. The lowest BCUT2D eigenvalue weighted by Gasteiger charge is -2.23. The third kappa shape index (κ3) is 6.52. The molecule has 0 aliphatic rings. The molecule has 3 aromatic rings. The molecule has 4 amide bonds. The zero-order chi connectivity index (χ0) is 22.8. The van der Waals surface area contributed by atoms with Gasteiger partial charge in [0.2, 0.25) is 0 Å². The lowest BCUT2D eigenvalue weighted by atomic mass is 10.1. The highest BCUT2D eigenvalue weighted by molar-refractivity contribution is 6.04. The molecular formula is C25H25N3O4. The molecule has 3 rings (SSSR count). The molecule has 7 heteroatoms. The predicted octanol–water partition coefficient (Wildman–Crippen LogP) is 3.79. The highest BCUT2D eigenvalue weighted by Gasteiger charge is 2.18. The summed E-state index contributed by atoms with van der Waals surface area (Å²) in [4.78, 5) is 38.4. The smallest absolute Gasteiger partial charge is 0.320 e. The van der Waals surface area contributed by atoms with E-state index in [1.165, 1.54) is 5.56 Å². The second-order valence-electron chi connectivity index (χ2n) is 7.27. The highest BCUT2D eigenvalue weighted by Crippen LogP contribution is 2.11. The van der Waals surface area contributed by atoms with Crippen molar-refractivity contribution >= 4 is 17.8 Å². The largest absolute Gasteiger partial charge is 0.324 e. The maximum absolute atomic E-state index is 12.9. The van der Waals surface area contributed by atoms with Gasteiger partial charge >= 0.3 is 6.03 Å². The lowest BCUT2D eigenvalue weighted by Crippen LogP contribution is -2.43. The average Bonchev–Trinajstić information content (AvgIpc) is 2.84. The highest BCUT2D eigenvalue weighted by atomic mass is 16.5. The van der Waals surface area contributed by atoms with Crippen molar-refractivity contribution in [2.45, 2.75) is 19.4 Å². The number of amides is 4. The Morgan fingerprint density at radius 2 is 1.31 bits per heavy atom. The van der Waals surface area contributed by atoms with Crippen molar-refractivity contribution in [1.82, 2.24) is 15.7 Å². The molecular weight excluding hydrogens is 406 g/mol. The SMILES string of the molecule is O=C(NO)c1ccc(CN(CCCc2ccccc2)C(=O)NC(=O)c2ccccc2)cc1. The summed E-state index contributed by atoms with van der Waals surface area (Å²) in [7, 11) is 0. The Hall–Kier alpha value is -3.97. The van der Waals surface area contributed by atoms with Crippen molar-refractivity contribution in [3.05, 3.63) is 107 Å². The monoisotopic (exact) mass is 431 g/mol. The van der Waals surface area contributed by atoms with E-state index in [0.29, 0.717) is 17.7 Å². The summed E-state index contributed by atoms with van der Waals surface area (Å²) in [6, 6.07) is 24.6. The summed E-state index contributed by atoms with van der Waals surface area (Å²) >= 11 is 0. The fraction of sp³-hybridized carbons (Fsp3) is 0.160. The van der Waals surface area contributed by atoms with Gasteiger partial charge in [0.1, 0.15) is 0 Å². The van der Waals surface area contributed by atoms with Crippen LogP contribution in [0.15, 0.2) is 84.9 Å². The molecule has 7 nitrogen and oxygen atoms in total. The van der Waals surface area contributed by atoms with Crippen molar-refractivity contribution in [1.29, 1.82) is 0 Å². The van der Waals surface area contributed by atoms with Crippen LogP contribution in [0.2, 0.25) is 0 Å². The number of carbonyl (C=O) groups is 3. The van der Waals surface area contributed by atoms with E-state index in [2.05, 4.69) is 5.32 Å². The molecule has 0 unspecified atom stereocenters. The van der Waals surface area contributed by atoms with E-state index in [1.807, 2.05) is 30.3 Å². The summed E-state index contributed by atoms with van der Waals surface area (Å²) in [5, 5.41) is 11.2. The topological polar surface area (TPSA) is 98.7 Å². The molecule has 0 aromatic heterocycles. The molecule has 0 saturated carbocycles. The summed E-state index contributed by atoms with van der Waals surface area (Å²) in [5.41, 5.74) is 4.26. The van der Waals surface area contributed by atoms with Gasteiger partial charge in [-0.1, -0.05) is 60.7 Å². The van der Waals surface area contributed by atoms with Crippen LogP contribution in [0.4, 0.5) is 4.79 Å². The van der Waals surface area contributed by atoms with Gasteiger partial charge < -0.3 is 4.90 Å². The Balaban J connectivity index is 1.68. The molecule has 3 N–H and O–H groups in total. The number of hydrogen-bond donors (Lipinski definition) is 3. The van der Waals surface area contributed by atoms with Gasteiger partial charge in [-0.15, -0.1) is 0 Å². The number of nitrogens with one attached hydrogen (secondary N) is 2. The number of carbonyl (C=O) groups excluding carboxylic acids is 3. The van der Waals surface area contributed by atoms with Gasteiger partial charge in [-0.2, -0.15) is 0 Å². The molecule has 164 valence electrons. The quantitative estimate of drug-likeness (QED) is 0.373. The number of urea groups is 1. The van der Waals surface area contributed by atoms with Crippen molar-refractivity contribution in [3.63, 3.8) is 0 Å². The standard InChI is InChI=1S/C25H25N3O4/c29-23(21-11-5-2-6-12-21)26-25(31)28(17-7-10-19-8-3-1-4-9-19)18-20-13-15-22(16-14-20)24(30)27-32/h1-6,8-9,11-16,32H,7,10,17-18H2,(H,27,30)(H,26,29,31). The lowest BCUT2D eigenvalue weighted by molar-refractivity contribution is 0.0706. The third-order valence-electron chi connectivity index (χ3n) is 4.97. The van der Waals surface area contributed by atoms with Crippen LogP contribution in [-0.4, -0.2) is 34.5 Å². The molecule has 0 aliphatic carbocycles. The fourth-order valence-corrected chi connectivity index (χ4v) is 3.26. The second kappa shape index (κ2) is 11.4. The number of hydroxylamine groups is 1. The third-order valence-corrected chi connectivity index (χ3v) is 4.97. The van der Waals surface area contributed by atoms with Crippen molar-refractivity contribution < 1.29 is 19.6 Å². The molecule has 0 fully saturated rings. The molecule has 32 heavy (non-hydrogen) atoms. The Kier molecular flexibility index (Phi) is 8.11. The van der Waals surface area contributed by atoms with E-state index >= 15 is 0 Å². The van der Waals surface area contributed by atoms with Crippen LogP contribution in [0.25, 0.3) is 0 Å². The predicted molar refractivity (Wildman–Crippen MR) is 120 cm³/mol. The normalized spacial score (nSPS) is 10.3. The van der Waals surface area contributed by atoms with E-state index in [-0.39, 0.29) is 6.54 Å². The maximum Gasteiger partial charge on any atom is 0.324 e. The van der Waals surface area contributed by atoms with Gasteiger partial charge in [0.15, 0.2) is 0 Å². The fourth-order valence-electron chi connectivity index (χ4n) is 3.26. The number of nitrogens with zero attached hydrogens (tertiary/aromatic N) is 1.